The van der Waals surface area contributed by atoms with Gasteiger partial charge < -0.3 is 9.73 Å². The molecule has 2 aromatic rings. The van der Waals surface area contributed by atoms with Crippen molar-refractivity contribution in [3.8, 4) is 0 Å². The highest BCUT2D eigenvalue weighted by Gasteiger charge is 2.18. The number of nitrogens with one attached hydrogen (secondary N) is 1. The van der Waals surface area contributed by atoms with E-state index >= 15 is 0 Å². The van der Waals surface area contributed by atoms with Crippen LogP contribution in [0.5, 0.6) is 0 Å². The smallest absolute Gasteiger partial charge is 0.105 e. The highest BCUT2D eigenvalue weighted by molar-refractivity contribution is 5.40. The largest absolute Gasteiger partial charge is 0.469 e. The Morgan fingerprint density at radius 1 is 1.17 bits per heavy atom. The van der Waals surface area contributed by atoms with Crippen molar-refractivity contribution in [1.29, 1.82) is 0 Å². The van der Waals surface area contributed by atoms with Crippen molar-refractivity contribution in [2.45, 2.75) is 32.2 Å². The van der Waals surface area contributed by atoms with Gasteiger partial charge in [-0.15, -0.1) is 0 Å². The molecule has 0 saturated carbocycles. The van der Waals surface area contributed by atoms with Crippen LogP contribution in [-0.4, -0.2) is 7.05 Å². The first-order chi connectivity index (χ1) is 8.79. The quantitative estimate of drug-likeness (QED) is 0.891. The first-order valence-electron chi connectivity index (χ1n) is 6.62. The van der Waals surface area contributed by atoms with Gasteiger partial charge in [0.1, 0.15) is 5.76 Å². The summed E-state index contributed by atoms with van der Waals surface area (Å²) in [5.74, 6) is 0.995. The minimum atomic E-state index is 0.231. The first kappa shape index (κ1) is 11.5. The van der Waals surface area contributed by atoms with Crippen LogP contribution in [0.15, 0.2) is 34.9 Å². The molecule has 1 heterocycles. The third kappa shape index (κ3) is 1.87. The molecule has 1 aromatic carbocycles. The van der Waals surface area contributed by atoms with Crippen LogP contribution in [0.25, 0.3) is 0 Å². The number of hydrogen-bond donors (Lipinski definition) is 1. The number of furan rings is 1. The van der Waals surface area contributed by atoms with Gasteiger partial charge >= 0.3 is 0 Å². The molecule has 0 aliphatic heterocycles. The Morgan fingerprint density at radius 2 is 2.00 bits per heavy atom. The van der Waals surface area contributed by atoms with Gasteiger partial charge in [-0.25, -0.2) is 0 Å². The lowest BCUT2D eigenvalue weighted by atomic mass is 9.96. The molecular formula is C16H19NO. The van der Waals surface area contributed by atoms with E-state index in [1.54, 1.807) is 6.26 Å². The minimum absolute atomic E-state index is 0.231. The number of fused-ring (bicyclic) bond motifs is 1. The molecule has 3 rings (SSSR count). The zero-order valence-electron chi connectivity index (χ0n) is 11.0. The van der Waals surface area contributed by atoms with Gasteiger partial charge in [-0.3, -0.25) is 0 Å². The van der Waals surface area contributed by atoms with Gasteiger partial charge in [-0.05, 0) is 56.0 Å². The Morgan fingerprint density at radius 3 is 2.72 bits per heavy atom. The second-order valence-electron chi connectivity index (χ2n) is 5.04. The number of benzene rings is 1. The van der Waals surface area contributed by atoms with Crippen LogP contribution in [0, 0.1) is 6.92 Å². The van der Waals surface area contributed by atoms with Crippen molar-refractivity contribution in [1.82, 2.24) is 5.32 Å². The molecule has 94 valence electrons. The molecule has 1 atom stereocenters. The highest BCUT2D eigenvalue weighted by atomic mass is 16.3. The predicted octanol–water partition coefficient (Wildman–Crippen LogP) is 3.39. The topological polar surface area (TPSA) is 25.2 Å². The fourth-order valence-corrected chi connectivity index (χ4v) is 2.97. The number of aryl methyl sites for hydroxylation is 3. The Bertz CT molecular complexity index is 556. The maximum atomic E-state index is 5.42. The van der Waals surface area contributed by atoms with E-state index in [0.717, 1.165) is 5.76 Å². The lowest BCUT2D eigenvalue weighted by Crippen LogP contribution is -2.18. The second-order valence-corrected chi connectivity index (χ2v) is 5.04. The van der Waals surface area contributed by atoms with Crippen LogP contribution in [-0.2, 0) is 12.8 Å². The van der Waals surface area contributed by atoms with Gasteiger partial charge in [-0.1, -0.05) is 18.2 Å². The highest BCUT2D eigenvalue weighted by Crippen LogP contribution is 2.29. The van der Waals surface area contributed by atoms with Gasteiger partial charge in [0.05, 0.1) is 12.3 Å². The van der Waals surface area contributed by atoms with Gasteiger partial charge in [0.15, 0.2) is 0 Å². The Balaban J connectivity index is 2.00. The normalized spacial score (nSPS) is 15.7. The lowest BCUT2D eigenvalue weighted by Gasteiger charge is -2.17. The Kier molecular flexibility index (Phi) is 2.96. The molecule has 2 nitrogen and oxygen atoms in total. The SMILES string of the molecule is CNC(c1ccc2c(c1)CCC2)c1ccoc1C. The van der Waals surface area contributed by atoms with Crippen LogP contribution in [0.4, 0.5) is 0 Å². The molecular weight excluding hydrogens is 222 g/mol. The van der Waals surface area contributed by atoms with Crippen LogP contribution in [0.3, 0.4) is 0 Å². The molecule has 1 aliphatic rings. The van der Waals surface area contributed by atoms with Crippen molar-refractivity contribution in [3.63, 3.8) is 0 Å². The molecule has 18 heavy (non-hydrogen) atoms. The van der Waals surface area contributed by atoms with E-state index in [-0.39, 0.29) is 6.04 Å². The fraction of sp³-hybridized carbons (Fsp3) is 0.375. The molecule has 0 saturated heterocycles. The van der Waals surface area contributed by atoms with Gasteiger partial charge in [0.25, 0.3) is 0 Å². The standard InChI is InChI=1S/C16H19NO/c1-11-15(8-9-18-11)16(17-2)14-7-6-12-4-3-5-13(12)10-14/h6-10,16-17H,3-5H2,1-2H3. The summed E-state index contributed by atoms with van der Waals surface area (Å²) in [5, 5.41) is 3.39. The molecule has 0 fully saturated rings. The van der Waals surface area contributed by atoms with Gasteiger partial charge in [0.2, 0.25) is 0 Å². The van der Waals surface area contributed by atoms with Crippen LogP contribution in [0.1, 0.15) is 40.5 Å². The van der Waals surface area contributed by atoms with Crippen molar-refractivity contribution < 1.29 is 4.42 Å². The molecule has 1 N–H and O–H groups in total. The minimum Gasteiger partial charge on any atom is -0.469 e. The fourth-order valence-electron chi connectivity index (χ4n) is 2.97. The summed E-state index contributed by atoms with van der Waals surface area (Å²) in [5.41, 5.74) is 5.62. The number of hydrogen-bond acceptors (Lipinski definition) is 2. The molecule has 2 heteroatoms. The van der Waals surface area contributed by atoms with Crippen molar-refractivity contribution >= 4 is 0 Å². The van der Waals surface area contributed by atoms with Crippen molar-refractivity contribution in [2.24, 2.45) is 0 Å². The summed E-state index contributed by atoms with van der Waals surface area (Å²) < 4.78 is 5.42. The Hall–Kier alpha value is -1.54. The molecule has 0 spiro atoms. The Labute approximate surface area is 108 Å². The van der Waals surface area contributed by atoms with E-state index < -0.39 is 0 Å². The monoisotopic (exact) mass is 241 g/mol. The van der Waals surface area contributed by atoms with Gasteiger partial charge in [0, 0.05) is 5.56 Å². The van der Waals surface area contributed by atoms with Crippen LogP contribution >= 0.6 is 0 Å². The summed E-state index contributed by atoms with van der Waals surface area (Å²) in [4.78, 5) is 0. The third-order valence-electron chi connectivity index (χ3n) is 3.95. The van der Waals surface area contributed by atoms with E-state index in [1.165, 1.54) is 41.5 Å². The van der Waals surface area contributed by atoms with E-state index in [0.29, 0.717) is 0 Å². The zero-order valence-corrected chi connectivity index (χ0v) is 11.0. The summed E-state index contributed by atoms with van der Waals surface area (Å²) in [7, 11) is 2.00. The first-order valence-corrected chi connectivity index (χ1v) is 6.62. The predicted molar refractivity (Wildman–Crippen MR) is 72.8 cm³/mol. The van der Waals surface area contributed by atoms with Gasteiger partial charge in [-0.2, -0.15) is 0 Å². The molecule has 1 aliphatic carbocycles. The van der Waals surface area contributed by atoms with E-state index in [1.807, 2.05) is 14.0 Å². The van der Waals surface area contributed by atoms with E-state index in [9.17, 15) is 0 Å². The maximum absolute atomic E-state index is 5.42. The van der Waals surface area contributed by atoms with Crippen molar-refractivity contribution in [2.75, 3.05) is 7.05 Å². The molecule has 1 unspecified atom stereocenters. The molecule has 0 bridgehead atoms. The molecule has 1 aromatic heterocycles. The van der Waals surface area contributed by atoms with E-state index in [4.69, 9.17) is 4.42 Å². The summed E-state index contributed by atoms with van der Waals surface area (Å²) in [6.07, 6.45) is 5.53. The second kappa shape index (κ2) is 4.62. The zero-order chi connectivity index (χ0) is 12.5. The molecule has 0 radical (unpaired) electrons. The summed E-state index contributed by atoms with van der Waals surface area (Å²) >= 11 is 0. The van der Waals surface area contributed by atoms with Crippen molar-refractivity contribution in [3.05, 3.63) is 58.5 Å². The van der Waals surface area contributed by atoms with E-state index in [2.05, 4.69) is 29.6 Å². The third-order valence-corrected chi connectivity index (χ3v) is 3.95. The summed E-state index contributed by atoms with van der Waals surface area (Å²) in [6.45, 7) is 2.02. The summed E-state index contributed by atoms with van der Waals surface area (Å²) in [6, 6.07) is 9.18. The average molecular weight is 241 g/mol. The van der Waals surface area contributed by atoms with Crippen LogP contribution in [0.2, 0.25) is 0 Å². The average Bonchev–Trinajstić information content (AvgIpc) is 2.99. The maximum Gasteiger partial charge on any atom is 0.105 e. The van der Waals surface area contributed by atoms with Crippen LogP contribution < -0.4 is 5.32 Å². The number of rotatable bonds is 3. The molecule has 0 amide bonds. The lowest BCUT2D eigenvalue weighted by molar-refractivity contribution is 0.523.